The smallest absolute Gasteiger partial charge is 0.260 e. The summed E-state index contributed by atoms with van der Waals surface area (Å²) in [4.78, 5) is 13.2. The number of ether oxygens (including phenoxy) is 1. The summed E-state index contributed by atoms with van der Waals surface area (Å²) in [6.07, 6.45) is 0. The van der Waals surface area contributed by atoms with Crippen LogP contribution in [0.25, 0.3) is 0 Å². The van der Waals surface area contributed by atoms with Crippen molar-refractivity contribution in [2.24, 2.45) is 5.92 Å². The maximum atomic E-state index is 11.7. The van der Waals surface area contributed by atoms with E-state index in [4.69, 9.17) is 15.7 Å². The zero-order valence-electron chi connectivity index (χ0n) is 10.6. The zero-order valence-corrected chi connectivity index (χ0v) is 10.6. The molecule has 2 N–H and O–H groups in total. The SMILES string of the molecule is CC(C#N)CN(C)C(=O)COc1cccc(N)c1. The first-order chi connectivity index (χ1) is 8.52. The topological polar surface area (TPSA) is 79.3 Å². The van der Waals surface area contributed by atoms with Gasteiger partial charge in [-0.15, -0.1) is 0 Å². The summed E-state index contributed by atoms with van der Waals surface area (Å²) in [6, 6.07) is 8.98. The molecule has 1 amide bonds. The summed E-state index contributed by atoms with van der Waals surface area (Å²) in [6.45, 7) is 2.11. The van der Waals surface area contributed by atoms with Gasteiger partial charge in [-0.2, -0.15) is 5.26 Å². The summed E-state index contributed by atoms with van der Waals surface area (Å²) >= 11 is 0. The van der Waals surface area contributed by atoms with E-state index in [0.717, 1.165) is 0 Å². The Bertz CT molecular complexity index is 454. The van der Waals surface area contributed by atoms with Crippen molar-refractivity contribution in [3.63, 3.8) is 0 Å². The van der Waals surface area contributed by atoms with Gasteiger partial charge in [-0.1, -0.05) is 6.07 Å². The number of anilines is 1. The molecule has 0 aliphatic rings. The van der Waals surface area contributed by atoms with Crippen LogP contribution < -0.4 is 10.5 Å². The molecule has 1 aromatic rings. The van der Waals surface area contributed by atoms with Gasteiger partial charge >= 0.3 is 0 Å². The summed E-state index contributed by atoms with van der Waals surface area (Å²) in [5.74, 6) is 0.205. The molecule has 1 atom stereocenters. The van der Waals surface area contributed by atoms with Crippen LogP contribution in [0.5, 0.6) is 5.75 Å². The van der Waals surface area contributed by atoms with E-state index in [1.165, 1.54) is 4.90 Å². The monoisotopic (exact) mass is 247 g/mol. The number of carbonyl (C=O) groups excluding carboxylic acids is 1. The highest BCUT2D eigenvalue weighted by Crippen LogP contribution is 2.14. The third-order valence-corrected chi connectivity index (χ3v) is 2.41. The molecule has 0 saturated carbocycles. The number of hydrogen-bond acceptors (Lipinski definition) is 4. The van der Waals surface area contributed by atoms with Crippen LogP contribution in [0.4, 0.5) is 5.69 Å². The standard InChI is InChI=1S/C13H17N3O2/c1-10(7-14)8-16(2)13(17)9-18-12-5-3-4-11(15)6-12/h3-6,10H,8-9,15H2,1-2H3. The molecule has 1 aromatic carbocycles. The molecule has 0 heterocycles. The first kappa shape index (κ1) is 13.8. The number of hydrogen-bond donors (Lipinski definition) is 1. The summed E-state index contributed by atoms with van der Waals surface area (Å²) in [5, 5.41) is 8.67. The van der Waals surface area contributed by atoms with Crippen molar-refractivity contribution in [1.82, 2.24) is 4.90 Å². The minimum Gasteiger partial charge on any atom is -0.484 e. The Kier molecular flexibility index (Phi) is 5.00. The Labute approximate surface area is 107 Å². The third kappa shape index (κ3) is 4.34. The molecule has 0 spiro atoms. The molecular formula is C13H17N3O2. The fourth-order valence-corrected chi connectivity index (χ4v) is 1.41. The van der Waals surface area contributed by atoms with E-state index in [0.29, 0.717) is 18.0 Å². The van der Waals surface area contributed by atoms with E-state index in [9.17, 15) is 4.79 Å². The third-order valence-electron chi connectivity index (χ3n) is 2.41. The Morgan fingerprint density at radius 2 is 2.33 bits per heavy atom. The largest absolute Gasteiger partial charge is 0.484 e. The first-order valence-electron chi connectivity index (χ1n) is 5.65. The molecule has 5 heteroatoms. The van der Waals surface area contributed by atoms with Crippen LogP contribution in [0, 0.1) is 17.2 Å². The molecule has 0 aromatic heterocycles. The zero-order chi connectivity index (χ0) is 13.5. The number of nitriles is 1. The van der Waals surface area contributed by atoms with Crippen molar-refractivity contribution < 1.29 is 9.53 Å². The fourth-order valence-electron chi connectivity index (χ4n) is 1.41. The number of nitrogens with two attached hydrogens (primary N) is 1. The van der Waals surface area contributed by atoms with Gasteiger partial charge in [0.2, 0.25) is 0 Å². The molecule has 0 saturated heterocycles. The van der Waals surface area contributed by atoms with Crippen molar-refractivity contribution >= 4 is 11.6 Å². The fraction of sp³-hybridized carbons (Fsp3) is 0.385. The Hall–Kier alpha value is -2.22. The lowest BCUT2D eigenvalue weighted by atomic mass is 10.2. The van der Waals surface area contributed by atoms with Crippen LogP contribution in [-0.4, -0.2) is 31.0 Å². The van der Waals surface area contributed by atoms with Crippen LogP contribution in [-0.2, 0) is 4.79 Å². The Morgan fingerprint density at radius 1 is 1.61 bits per heavy atom. The van der Waals surface area contributed by atoms with E-state index < -0.39 is 0 Å². The molecule has 0 aliphatic heterocycles. The van der Waals surface area contributed by atoms with Gasteiger partial charge in [-0.05, 0) is 19.1 Å². The van der Waals surface area contributed by atoms with E-state index >= 15 is 0 Å². The molecule has 96 valence electrons. The van der Waals surface area contributed by atoms with Crippen LogP contribution in [0.1, 0.15) is 6.92 Å². The Balaban J connectivity index is 2.44. The number of likely N-dealkylation sites (N-methyl/N-ethyl adjacent to an activating group) is 1. The van der Waals surface area contributed by atoms with Crippen LogP contribution in [0.15, 0.2) is 24.3 Å². The van der Waals surface area contributed by atoms with Crippen molar-refractivity contribution in [3.05, 3.63) is 24.3 Å². The van der Waals surface area contributed by atoms with Gasteiger partial charge in [0.25, 0.3) is 5.91 Å². The number of nitrogen functional groups attached to an aromatic ring is 1. The molecule has 0 aliphatic carbocycles. The molecule has 18 heavy (non-hydrogen) atoms. The summed E-state index contributed by atoms with van der Waals surface area (Å²) < 4.78 is 5.33. The van der Waals surface area contributed by atoms with Gasteiger partial charge in [0, 0.05) is 25.3 Å². The Morgan fingerprint density at radius 3 is 2.94 bits per heavy atom. The average molecular weight is 247 g/mol. The molecule has 1 rings (SSSR count). The van der Waals surface area contributed by atoms with Crippen molar-refractivity contribution in [3.8, 4) is 11.8 Å². The molecular weight excluding hydrogens is 230 g/mol. The number of carbonyl (C=O) groups is 1. The minimum atomic E-state index is -0.189. The summed E-state index contributed by atoms with van der Waals surface area (Å²) in [7, 11) is 1.65. The van der Waals surface area contributed by atoms with Gasteiger partial charge in [0.15, 0.2) is 6.61 Å². The van der Waals surface area contributed by atoms with E-state index in [2.05, 4.69) is 6.07 Å². The predicted octanol–water partition coefficient (Wildman–Crippen LogP) is 1.27. The lowest BCUT2D eigenvalue weighted by Gasteiger charge is -2.18. The number of amides is 1. The van der Waals surface area contributed by atoms with Crippen LogP contribution >= 0.6 is 0 Å². The highest BCUT2D eigenvalue weighted by molar-refractivity contribution is 5.77. The van der Waals surface area contributed by atoms with Gasteiger partial charge in [-0.25, -0.2) is 0 Å². The lowest BCUT2D eigenvalue weighted by Crippen LogP contribution is -2.34. The van der Waals surface area contributed by atoms with Crippen LogP contribution in [0.3, 0.4) is 0 Å². The van der Waals surface area contributed by atoms with Crippen molar-refractivity contribution in [2.45, 2.75) is 6.92 Å². The molecule has 0 fully saturated rings. The van der Waals surface area contributed by atoms with Gasteiger partial charge in [0.05, 0.1) is 12.0 Å². The normalized spacial score (nSPS) is 11.4. The number of benzene rings is 1. The highest BCUT2D eigenvalue weighted by Gasteiger charge is 2.12. The number of rotatable bonds is 5. The van der Waals surface area contributed by atoms with E-state index in [1.54, 1.807) is 38.2 Å². The maximum absolute atomic E-state index is 11.7. The second-order valence-corrected chi connectivity index (χ2v) is 4.17. The molecule has 0 radical (unpaired) electrons. The predicted molar refractivity (Wildman–Crippen MR) is 68.8 cm³/mol. The van der Waals surface area contributed by atoms with Crippen molar-refractivity contribution in [1.29, 1.82) is 5.26 Å². The van der Waals surface area contributed by atoms with Gasteiger partial charge in [0.1, 0.15) is 5.75 Å². The molecule has 0 bridgehead atoms. The highest BCUT2D eigenvalue weighted by atomic mass is 16.5. The second-order valence-electron chi connectivity index (χ2n) is 4.17. The molecule has 5 nitrogen and oxygen atoms in total. The second kappa shape index (κ2) is 6.50. The molecule has 1 unspecified atom stereocenters. The quantitative estimate of drug-likeness (QED) is 0.794. The van der Waals surface area contributed by atoms with Crippen LogP contribution in [0.2, 0.25) is 0 Å². The first-order valence-corrected chi connectivity index (χ1v) is 5.65. The lowest BCUT2D eigenvalue weighted by molar-refractivity contribution is -0.132. The average Bonchev–Trinajstić information content (AvgIpc) is 2.35. The van der Waals surface area contributed by atoms with Gasteiger partial charge < -0.3 is 15.4 Å². The van der Waals surface area contributed by atoms with Crippen molar-refractivity contribution in [2.75, 3.05) is 25.9 Å². The van der Waals surface area contributed by atoms with E-state index in [1.807, 2.05) is 0 Å². The number of nitrogens with zero attached hydrogens (tertiary/aromatic N) is 2. The van der Waals surface area contributed by atoms with E-state index in [-0.39, 0.29) is 18.4 Å². The van der Waals surface area contributed by atoms with Gasteiger partial charge in [-0.3, -0.25) is 4.79 Å². The maximum Gasteiger partial charge on any atom is 0.260 e. The summed E-state index contributed by atoms with van der Waals surface area (Å²) in [5.41, 5.74) is 6.19. The minimum absolute atomic E-state index is 0.0574.